The summed E-state index contributed by atoms with van der Waals surface area (Å²) < 4.78 is 6.60. The van der Waals surface area contributed by atoms with E-state index < -0.39 is 0 Å². The Balaban J connectivity index is 2.50. The molecule has 1 aromatic rings. The number of aryl methyl sites for hydroxylation is 1. The van der Waals surface area contributed by atoms with E-state index >= 15 is 0 Å². The van der Waals surface area contributed by atoms with E-state index in [0.29, 0.717) is 18.7 Å². The molecule has 0 saturated heterocycles. The zero-order chi connectivity index (χ0) is 10.6. The maximum atomic E-state index is 11.6. The second-order valence-electron chi connectivity index (χ2n) is 3.56. The van der Waals surface area contributed by atoms with Crippen LogP contribution in [-0.2, 0) is 11.8 Å². The number of aromatic nitrogens is 2. The van der Waals surface area contributed by atoms with Gasteiger partial charge in [0.15, 0.2) is 5.78 Å². The summed E-state index contributed by atoms with van der Waals surface area (Å²) in [5, 5.41) is 4.05. The molecule has 1 rings (SSSR count). The molecule has 78 valence electrons. The average molecular weight is 196 g/mol. The van der Waals surface area contributed by atoms with Gasteiger partial charge in [-0.1, -0.05) is 6.92 Å². The Hall–Kier alpha value is -1.16. The van der Waals surface area contributed by atoms with Crippen LogP contribution in [-0.4, -0.2) is 29.3 Å². The number of ketones is 1. The minimum absolute atomic E-state index is 0.0788. The first-order valence-corrected chi connectivity index (χ1v) is 4.65. The Kier molecular flexibility index (Phi) is 3.83. The molecular weight excluding hydrogens is 180 g/mol. The van der Waals surface area contributed by atoms with Crippen molar-refractivity contribution in [2.75, 3.05) is 13.7 Å². The van der Waals surface area contributed by atoms with Crippen LogP contribution in [0.4, 0.5) is 0 Å². The maximum Gasteiger partial charge on any atom is 0.183 e. The van der Waals surface area contributed by atoms with Gasteiger partial charge in [-0.15, -0.1) is 0 Å². The molecule has 1 aromatic heterocycles. The van der Waals surface area contributed by atoms with E-state index in [1.54, 1.807) is 31.1 Å². The maximum absolute atomic E-state index is 11.6. The quantitative estimate of drug-likeness (QED) is 0.666. The summed E-state index contributed by atoms with van der Waals surface area (Å²) in [4.78, 5) is 11.6. The smallest absolute Gasteiger partial charge is 0.183 e. The van der Waals surface area contributed by atoms with Crippen LogP contribution in [0.1, 0.15) is 23.8 Å². The van der Waals surface area contributed by atoms with Crippen LogP contribution in [0.5, 0.6) is 0 Å². The molecule has 4 nitrogen and oxygen atoms in total. The molecule has 0 spiro atoms. The summed E-state index contributed by atoms with van der Waals surface area (Å²) >= 11 is 0. The molecule has 0 bridgehead atoms. The summed E-state index contributed by atoms with van der Waals surface area (Å²) in [6, 6.07) is 1.74. The third-order valence-electron chi connectivity index (χ3n) is 1.98. The third kappa shape index (κ3) is 2.96. The largest absolute Gasteiger partial charge is 0.384 e. The molecule has 1 unspecified atom stereocenters. The number of hydrogen-bond donors (Lipinski definition) is 0. The van der Waals surface area contributed by atoms with E-state index in [9.17, 15) is 4.79 Å². The summed E-state index contributed by atoms with van der Waals surface area (Å²) in [6.45, 7) is 2.60. The summed E-state index contributed by atoms with van der Waals surface area (Å²) in [6.07, 6.45) is 2.26. The lowest BCUT2D eigenvalue weighted by Gasteiger charge is -2.07. The van der Waals surface area contributed by atoms with Gasteiger partial charge in [0.1, 0.15) is 5.69 Å². The number of hydrogen-bond acceptors (Lipinski definition) is 3. The normalized spacial score (nSPS) is 12.8. The van der Waals surface area contributed by atoms with Crippen molar-refractivity contribution >= 4 is 5.78 Å². The molecule has 0 amide bonds. The fourth-order valence-electron chi connectivity index (χ4n) is 1.33. The first kappa shape index (κ1) is 10.9. The van der Waals surface area contributed by atoms with Crippen LogP contribution in [0.25, 0.3) is 0 Å². The van der Waals surface area contributed by atoms with E-state index in [1.165, 1.54) is 0 Å². The topological polar surface area (TPSA) is 44.1 Å². The highest BCUT2D eigenvalue weighted by Crippen LogP contribution is 2.08. The van der Waals surface area contributed by atoms with Crippen LogP contribution in [0.15, 0.2) is 12.3 Å². The highest BCUT2D eigenvalue weighted by molar-refractivity contribution is 5.94. The predicted molar refractivity (Wildman–Crippen MR) is 53.2 cm³/mol. The lowest BCUT2D eigenvalue weighted by molar-refractivity contribution is 0.0914. The molecule has 0 fully saturated rings. The first-order valence-electron chi connectivity index (χ1n) is 4.65. The molecule has 1 atom stereocenters. The Labute approximate surface area is 83.9 Å². The van der Waals surface area contributed by atoms with Gasteiger partial charge in [-0.3, -0.25) is 9.48 Å². The fraction of sp³-hybridized carbons (Fsp3) is 0.600. The van der Waals surface area contributed by atoms with Crippen LogP contribution in [0.3, 0.4) is 0 Å². The van der Waals surface area contributed by atoms with Crippen molar-refractivity contribution in [3.05, 3.63) is 18.0 Å². The van der Waals surface area contributed by atoms with Crippen LogP contribution >= 0.6 is 0 Å². The standard InChI is InChI=1S/C10H16N2O2/c1-8(7-14-3)6-10(13)9-4-5-12(2)11-9/h4-5,8H,6-7H2,1-3H3. The molecule has 14 heavy (non-hydrogen) atoms. The average Bonchev–Trinajstić information content (AvgIpc) is 2.52. The molecule has 0 radical (unpaired) electrons. The number of Topliss-reactive ketones (excluding diaryl/α,β-unsaturated/α-hetero) is 1. The fourth-order valence-corrected chi connectivity index (χ4v) is 1.33. The SMILES string of the molecule is COCC(C)CC(=O)c1ccn(C)n1. The van der Waals surface area contributed by atoms with E-state index in [2.05, 4.69) is 5.10 Å². The van der Waals surface area contributed by atoms with Crippen molar-refractivity contribution in [3.8, 4) is 0 Å². The molecule has 0 aliphatic carbocycles. The van der Waals surface area contributed by atoms with Crippen molar-refractivity contribution in [3.63, 3.8) is 0 Å². The molecule has 0 aliphatic heterocycles. The van der Waals surface area contributed by atoms with Gasteiger partial charge in [-0.25, -0.2) is 0 Å². The van der Waals surface area contributed by atoms with Crippen LogP contribution in [0.2, 0.25) is 0 Å². The summed E-state index contributed by atoms with van der Waals surface area (Å²) in [5.41, 5.74) is 0.537. The van der Waals surface area contributed by atoms with Crippen molar-refractivity contribution in [1.82, 2.24) is 9.78 Å². The summed E-state index contributed by atoms with van der Waals surface area (Å²) in [7, 11) is 3.44. The van der Waals surface area contributed by atoms with Gasteiger partial charge in [-0.05, 0) is 12.0 Å². The number of methoxy groups -OCH3 is 1. The number of ether oxygens (including phenoxy) is 1. The van der Waals surface area contributed by atoms with Crippen LogP contribution < -0.4 is 0 Å². The monoisotopic (exact) mass is 196 g/mol. The van der Waals surface area contributed by atoms with Crippen molar-refractivity contribution in [2.24, 2.45) is 13.0 Å². The molecule has 1 heterocycles. The van der Waals surface area contributed by atoms with Gasteiger partial charge in [0.25, 0.3) is 0 Å². The van der Waals surface area contributed by atoms with Gasteiger partial charge < -0.3 is 4.74 Å². The minimum Gasteiger partial charge on any atom is -0.384 e. The van der Waals surface area contributed by atoms with Crippen molar-refractivity contribution in [1.29, 1.82) is 0 Å². The van der Waals surface area contributed by atoms with Crippen molar-refractivity contribution < 1.29 is 9.53 Å². The Bertz CT molecular complexity index is 307. The lowest BCUT2D eigenvalue weighted by atomic mass is 10.0. The Morgan fingerprint density at radius 1 is 1.71 bits per heavy atom. The highest BCUT2D eigenvalue weighted by Gasteiger charge is 2.13. The first-order chi connectivity index (χ1) is 6.63. The Morgan fingerprint density at radius 3 is 2.93 bits per heavy atom. The van der Waals surface area contributed by atoms with E-state index in [0.717, 1.165) is 0 Å². The van der Waals surface area contributed by atoms with E-state index in [4.69, 9.17) is 4.74 Å². The van der Waals surface area contributed by atoms with Gasteiger partial charge >= 0.3 is 0 Å². The molecule has 0 saturated carbocycles. The molecule has 0 aromatic carbocycles. The number of carbonyl (C=O) groups excluding carboxylic acids is 1. The summed E-state index contributed by atoms with van der Waals surface area (Å²) in [5.74, 6) is 0.324. The third-order valence-corrected chi connectivity index (χ3v) is 1.98. The molecule has 4 heteroatoms. The van der Waals surface area contributed by atoms with E-state index in [1.807, 2.05) is 6.92 Å². The second-order valence-corrected chi connectivity index (χ2v) is 3.56. The number of rotatable bonds is 5. The van der Waals surface area contributed by atoms with Gasteiger partial charge in [0.2, 0.25) is 0 Å². The zero-order valence-electron chi connectivity index (χ0n) is 8.86. The highest BCUT2D eigenvalue weighted by atomic mass is 16.5. The van der Waals surface area contributed by atoms with Crippen molar-refractivity contribution in [2.45, 2.75) is 13.3 Å². The minimum atomic E-state index is 0.0788. The van der Waals surface area contributed by atoms with E-state index in [-0.39, 0.29) is 11.7 Å². The number of carbonyl (C=O) groups is 1. The zero-order valence-corrected chi connectivity index (χ0v) is 8.86. The second kappa shape index (κ2) is 4.91. The number of nitrogens with zero attached hydrogens (tertiary/aromatic N) is 2. The lowest BCUT2D eigenvalue weighted by Crippen LogP contribution is -2.11. The Morgan fingerprint density at radius 2 is 2.43 bits per heavy atom. The predicted octanol–water partition coefficient (Wildman–Crippen LogP) is 1.28. The molecule has 0 aliphatic rings. The van der Waals surface area contributed by atoms with Gasteiger partial charge in [-0.2, -0.15) is 5.10 Å². The molecule has 0 N–H and O–H groups in total. The van der Waals surface area contributed by atoms with Crippen LogP contribution in [0, 0.1) is 5.92 Å². The molecular formula is C10H16N2O2. The van der Waals surface area contributed by atoms with Gasteiger partial charge in [0.05, 0.1) is 0 Å². The van der Waals surface area contributed by atoms with Gasteiger partial charge in [0, 0.05) is 33.4 Å².